The van der Waals surface area contributed by atoms with Gasteiger partial charge in [0.25, 0.3) is 0 Å². The van der Waals surface area contributed by atoms with Gasteiger partial charge in [0.05, 0.1) is 5.69 Å². The number of hydrogen-bond donors (Lipinski definition) is 1. The van der Waals surface area contributed by atoms with E-state index in [2.05, 4.69) is 29.2 Å². The van der Waals surface area contributed by atoms with Crippen LogP contribution in [0.25, 0.3) is 0 Å². The van der Waals surface area contributed by atoms with Crippen molar-refractivity contribution < 1.29 is 4.79 Å². The molecule has 0 radical (unpaired) electrons. The minimum Gasteiger partial charge on any atom is -0.343 e. The molecular formula is C14H22N4O. The summed E-state index contributed by atoms with van der Waals surface area (Å²) in [4.78, 5) is 14.6. The van der Waals surface area contributed by atoms with Crippen molar-refractivity contribution in [3.8, 4) is 0 Å². The molecule has 2 aliphatic rings. The van der Waals surface area contributed by atoms with Crippen molar-refractivity contribution in [3.63, 3.8) is 0 Å². The van der Waals surface area contributed by atoms with Crippen LogP contribution in [0.15, 0.2) is 0 Å². The van der Waals surface area contributed by atoms with E-state index >= 15 is 0 Å². The van der Waals surface area contributed by atoms with E-state index in [4.69, 9.17) is 0 Å². The fourth-order valence-corrected chi connectivity index (χ4v) is 3.29. The highest BCUT2D eigenvalue weighted by atomic mass is 16.2. The second kappa shape index (κ2) is 4.54. The molecule has 0 bridgehead atoms. The molecule has 2 atom stereocenters. The summed E-state index contributed by atoms with van der Waals surface area (Å²) in [5, 5.41) is 7.68. The topological polar surface area (TPSA) is 50.2 Å². The first-order valence-corrected chi connectivity index (χ1v) is 7.25. The zero-order valence-electron chi connectivity index (χ0n) is 11.9. The van der Waals surface area contributed by atoms with Gasteiger partial charge in [0.2, 0.25) is 5.91 Å². The van der Waals surface area contributed by atoms with E-state index in [1.54, 1.807) is 0 Å². The first-order valence-electron chi connectivity index (χ1n) is 7.25. The van der Waals surface area contributed by atoms with E-state index in [9.17, 15) is 4.79 Å². The predicted octanol–water partition coefficient (Wildman–Crippen LogP) is 1.93. The molecule has 0 aromatic carbocycles. The number of nitrogens with zero attached hydrogens (tertiary/aromatic N) is 3. The number of amides is 1. The second-order valence-electron chi connectivity index (χ2n) is 5.85. The molecule has 0 saturated carbocycles. The van der Waals surface area contributed by atoms with Gasteiger partial charge in [-0.25, -0.2) is 0 Å². The number of carbonyl (C=O) groups is 1. The highest BCUT2D eigenvalue weighted by Crippen LogP contribution is 2.39. The Bertz CT molecular complexity index is 508. The van der Waals surface area contributed by atoms with Crippen LogP contribution in [0.1, 0.15) is 38.8 Å². The van der Waals surface area contributed by atoms with Gasteiger partial charge in [-0.15, -0.1) is 0 Å². The Balaban J connectivity index is 2.02. The maximum Gasteiger partial charge on any atom is 0.247 e. The third-order valence-corrected chi connectivity index (χ3v) is 4.26. The summed E-state index contributed by atoms with van der Waals surface area (Å²) in [6, 6.07) is -0.0128. The van der Waals surface area contributed by atoms with Crippen molar-refractivity contribution >= 4 is 17.4 Å². The van der Waals surface area contributed by atoms with Gasteiger partial charge >= 0.3 is 0 Å². The van der Waals surface area contributed by atoms with Gasteiger partial charge in [0, 0.05) is 13.6 Å². The van der Waals surface area contributed by atoms with E-state index in [1.165, 1.54) is 0 Å². The SMILES string of the molecule is CCCc1nn(C)c2c1NC(=O)C1CC(C)CCN21. The van der Waals surface area contributed by atoms with Crippen molar-refractivity contribution in [2.75, 3.05) is 16.8 Å². The molecule has 19 heavy (non-hydrogen) atoms. The lowest BCUT2D eigenvalue weighted by Crippen LogP contribution is -2.52. The molecule has 1 aromatic heterocycles. The number of fused-ring (bicyclic) bond motifs is 3. The molecule has 1 amide bonds. The van der Waals surface area contributed by atoms with Crippen LogP contribution in [0.3, 0.4) is 0 Å². The highest BCUT2D eigenvalue weighted by molar-refractivity contribution is 6.03. The van der Waals surface area contributed by atoms with Crippen molar-refractivity contribution in [1.29, 1.82) is 0 Å². The molecule has 3 rings (SSSR count). The Morgan fingerprint density at radius 2 is 2.26 bits per heavy atom. The van der Waals surface area contributed by atoms with Crippen molar-refractivity contribution in [2.45, 2.75) is 45.6 Å². The molecule has 2 unspecified atom stereocenters. The Hall–Kier alpha value is -1.52. The van der Waals surface area contributed by atoms with Crippen LogP contribution in [0, 0.1) is 5.92 Å². The number of piperidine rings is 1. The summed E-state index contributed by atoms with van der Waals surface area (Å²) in [6.07, 6.45) is 4.05. The van der Waals surface area contributed by atoms with E-state index in [1.807, 2.05) is 11.7 Å². The molecule has 1 N–H and O–H groups in total. The van der Waals surface area contributed by atoms with Gasteiger partial charge in [0.1, 0.15) is 11.7 Å². The van der Waals surface area contributed by atoms with Crippen LogP contribution in [0.2, 0.25) is 0 Å². The number of aromatic nitrogens is 2. The van der Waals surface area contributed by atoms with Crippen LogP contribution in [-0.2, 0) is 18.3 Å². The third kappa shape index (κ3) is 1.91. The molecule has 0 aliphatic carbocycles. The second-order valence-corrected chi connectivity index (χ2v) is 5.85. The lowest BCUT2D eigenvalue weighted by molar-refractivity contribution is -0.118. The highest BCUT2D eigenvalue weighted by Gasteiger charge is 2.39. The Kier molecular flexibility index (Phi) is 2.99. The molecule has 5 heteroatoms. The van der Waals surface area contributed by atoms with Crippen molar-refractivity contribution in [3.05, 3.63) is 5.69 Å². The Morgan fingerprint density at radius 1 is 1.47 bits per heavy atom. The summed E-state index contributed by atoms with van der Waals surface area (Å²) in [7, 11) is 1.98. The number of anilines is 2. The van der Waals surface area contributed by atoms with E-state index in [-0.39, 0.29) is 11.9 Å². The van der Waals surface area contributed by atoms with Gasteiger partial charge in [-0.3, -0.25) is 9.48 Å². The monoisotopic (exact) mass is 262 g/mol. The molecular weight excluding hydrogens is 240 g/mol. The van der Waals surface area contributed by atoms with Gasteiger partial charge < -0.3 is 10.2 Å². The standard InChI is InChI=1S/C14H22N4O/c1-4-5-10-12-14(17(3)16-10)18-7-6-9(2)8-11(18)13(19)15-12/h9,11H,4-8H2,1-3H3,(H,15,19). The lowest BCUT2D eigenvalue weighted by Gasteiger charge is -2.42. The van der Waals surface area contributed by atoms with Crippen molar-refractivity contribution in [1.82, 2.24) is 9.78 Å². The van der Waals surface area contributed by atoms with E-state index in [0.29, 0.717) is 5.92 Å². The maximum atomic E-state index is 12.3. The molecule has 1 saturated heterocycles. The normalized spacial score (nSPS) is 25.8. The summed E-state index contributed by atoms with van der Waals surface area (Å²) < 4.78 is 1.93. The molecule has 0 spiro atoms. The Labute approximate surface area is 114 Å². The van der Waals surface area contributed by atoms with Crippen LogP contribution >= 0.6 is 0 Å². The largest absolute Gasteiger partial charge is 0.343 e. The minimum absolute atomic E-state index is 0.0128. The summed E-state index contributed by atoms with van der Waals surface area (Å²) in [6.45, 7) is 5.32. The molecule has 2 aliphatic heterocycles. The first-order chi connectivity index (χ1) is 9.11. The predicted molar refractivity (Wildman–Crippen MR) is 75.4 cm³/mol. The minimum atomic E-state index is -0.0128. The van der Waals surface area contributed by atoms with Crippen LogP contribution in [0.4, 0.5) is 11.5 Å². The third-order valence-electron chi connectivity index (χ3n) is 4.26. The van der Waals surface area contributed by atoms with E-state index in [0.717, 1.165) is 49.4 Å². The summed E-state index contributed by atoms with van der Waals surface area (Å²) in [5.41, 5.74) is 1.96. The van der Waals surface area contributed by atoms with Gasteiger partial charge in [0.15, 0.2) is 5.82 Å². The fraction of sp³-hybridized carbons (Fsp3) is 0.714. The summed E-state index contributed by atoms with van der Waals surface area (Å²) >= 11 is 0. The number of rotatable bonds is 2. The molecule has 104 valence electrons. The van der Waals surface area contributed by atoms with Gasteiger partial charge in [-0.05, 0) is 25.2 Å². The number of carbonyl (C=O) groups excluding carboxylic acids is 1. The average Bonchev–Trinajstić information content (AvgIpc) is 2.67. The zero-order valence-corrected chi connectivity index (χ0v) is 11.9. The maximum absolute atomic E-state index is 12.3. The van der Waals surface area contributed by atoms with Gasteiger partial charge in [-0.2, -0.15) is 5.10 Å². The number of aryl methyl sites for hydroxylation is 2. The number of nitrogens with one attached hydrogen (secondary N) is 1. The average molecular weight is 262 g/mol. The molecule has 3 heterocycles. The lowest BCUT2D eigenvalue weighted by atomic mass is 9.90. The zero-order chi connectivity index (χ0) is 13.6. The van der Waals surface area contributed by atoms with Crippen LogP contribution < -0.4 is 10.2 Å². The Morgan fingerprint density at radius 3 is 3.00 bits per heavy atom. The number of hydrogen-bond acceptors (Lipinski definition) is 3. The molecule has 1 aromatic rings. The molecule has 5 nitrogen and oxygen atoms in total. The quantitative estimate of drug-likeness (QED) is 0.886. The smallest absolute Gasteiger partial charge is 0.247 e. The van der Waals surface area contributed by atoms with Crippen molar-refractivity contribution in [2.24, 2.45) is 13.0 Å². The van der Waals surface area contributed by atoms with Crippen LogP contribution in [-0.4, -0.2) is 28.3 Å². The molecule has 1 fully saturated rings. The van der Waals surface area contributed by atoms with Crippen LogP contribution in [0.5, 0.6) is 0 Å². The fourth-order valence-electron chi connectivity index (χ4n) is 3.29. The van der Waals surface area contributed by atoms with Gasteiger partial charge in [-0.1, -0.05) is 20.3 Å². The first kappa shape index (κ1) is 12.5. The van der Waals surface area contributed by atoms with E-state index < -0.39 is 0 Å². The summed E-state index contributed by atoms with van der Waals surface area (Å²) in [5.74, 6) is 1.86.